The van der Waals surface area contributed by atoms with E-state index >= 15 is 0 Å². The Morgan fingerprint density at radius 3 is 0.914 bits per heavy atom. The number of hydrogen-bond acceptors (Lipinski definition) is 4. The standard InChI is InChI=1S/2C15H12O2.Zn/c2*16-14(12-7-3-1-4-8-12)11-15(17)13-9-5-2-6-10-13;/h2*1-11,16H;/q;;+2/p-2/b2*14-11-;. The third-order valence-electron chi connectivity index (χ3n) is 4.76. The zero-order chi connectivity index (χ0) is 24.2. The molecule has 0 fully saturated rings. The van der Waals surface area contributed by atoms with Gasteiger partial charge in [-0.2, -0.15) is 0 Å². The van der Waals surface area contributed by atoms with Crippen LogP contribution in [0, 0.1) is 0 Å². The van der Waals surface area contributed by atoms with Gasteiger partial charge in [-0.1, -0.05) is 133 Å². The van der Waals surface area contributed by atoms with Gasteiger partial charge < -0.3 is 10.2 Å². The minimum Gasteiger partial charge on any atom is -0.872 e. The van der Waals surface area contributed by atoms with E-state index in [0.29, 0.717) is 22.3 Å². The first-order chi connectivity index (χ1) is 16.5. The Balaban J connectivity index is 0.000000240. The molecule has 0 N–H and O–H groups in total. The van der Waals surface area contributed by atoms with Gasteiger partial charge in [-0.05, 0) is 23.3 Å². The molecule has 0 aliphatic rings. The normalized spacial score (nSPS) is 10.9. The molecule has 0 aliphatic heterocycles. The molecule has 0 amide bonds. The Kier molecular flexibility index (Phi) is 11.1. The summed E-state index contributed by atoms with van der Waals surface area (Å²) >= 11 is 0. The molecular weight excluding hydrogens is 490 g/mol. The van der Waals surface area contributed by atoms with Crippen LogP contribution in [0.15, 0.2) is 133 Å². The molecule has 0 atom stereocenters. The van der Waals surface area contributed by atoms with E-state index < -0.39 is 0 Å². The van der Waals surface area contributed by atoms with Gasteiger partial charge in [0.1, 0.15) is 0 Å². The fourth-order valence-corrected chi connectivity index (χ4v) is 2.98. The molecule has 4 aromatic rings. The van der Waals surface area contributed by atoms with E-state index in [-0.39, 0.29) is 42.6 Å². The smallest absolute Gasteiger partial charge is 0.872 e. The van der Waals surface area contributed by atoms with E-state index in [1.54, 1.807) is 97.1 Å². The summed E-state index contributed by atoms with van der Waals surface area (Å²) < 4.78 is 0. The molecule has 0 aromatic heterocycles. The summed E-state index contributed by atoms with van der Waals surface area (Å²) in [5, 5.41) is 23.5. The van der Waals surface area contributed by atoms with Gasteiger partial charge in [0.2, 0.25) is 0 Å². The Labute approximate surface area is 217 Å². The summed E-state index contributed by atoms with van der Waals surface area (Å²) in [4.78, 5) is 23.5. The van der Waals surface area contributed by atoms with Gasteiger partial charge in [0, 0.05) is 11.1 Å². The van der Waals surface area contributed by atoms with Crippen LogP contribution >= 0.6 is 0 Å². The maximum atomic E-state index is 11.8. The molecule has 0 spiro atoms. The van der Waals surface area contributed by atoms with Gasteiger partial charge in [0.15, 0.2) is 11.6 Å². The van der Waals surface area contributed by atoms with Crippen LogP contribution in [0.4, 0.5) is 0 Å². The molecule has 0 aliphatic carbocycles. The Hall–Kier alpha value is -4.08. The molecule has 0 heterocycles. The fraction of sp³-hybridized carbons (Fsp3) is 0. The molecule has 5 heteroatoms. The Bertz CT molecular complexity index is 1160. The van der Waals surface area contributed by atoms with Crippen molar-refractivity contribution in [1.82, 2.24) is 0 Å². The van der Waals surface area contributed by atoms with E-state index in [1.807, 2.05) is 24.3 Å². The zero-order valence-electron chi connectivity index (χ0n) is 19.0. The zero-order valence-corrected chi connectivity index (χ0v) is 22.0. The molecule has 0 saturated heterocycles. The van der Waals surface area contributed by atoms with Gasteiger partial charge in [-0.25, -0.2) is 0 Å². The number of carbonyl (C=O) groups is 2. The third kappa shape index (κ3) is 8.65. The first-order valence-electron chi connectivity index (χ1n) is 10.6. The van der Waals surface area contributed by atoms with Gasteiger partial charge >= 0.3 is 19.5 Å². The summed E-state index contributed by atoms with van der Waals surface area (Å²) in [5.74, 6) is -1.06. The molecule has 0 saturated carbocycles. The SMILES string of the molecule is O=C(/C=C(\[O-])c1ccccc1)c1ccccc1.O=C(/C=C(\[O-])c1ccccc1)c1ccccc1.[Zn+2]. The number of allylic oxidation sites excluding steroid dienone is 2. The van der Waals surface area contributed by atoms with Crippen LogP contribution in [-0.2, 0) is 19.5 Å². The second-order valence-corrected chi connectivity index (χ2v) is 7.21. The van der Waals surface area contributed by atoms with E-state index in [9.17, 15) is 19.8 Å². The van der Waals surface area contributed by atoms with Crippen molar-refractivity contribution < 1.29 is 39.3 Å². The molecule has 168 valence electrons. The molecule has 35 heavy (non-hydrogen) atoms. The molecule has 4 rings (SSSR count). The minimum absolute atomic E-state index is 0. The van der Waals surface area contributed by atoms with Crippen molar-refractivity contribution in [2.45, 2.75) is 0 Å². The van der Waals surface area contributed by atoms with Crippen molar-refractivity contribution >= 4 is 23.1 Å². The number of carbonyl (C=O) groups excluding carboxylic acids is 2. The Morgan fingerprint density at radius 2 is 0.657 bits per heavy atom. The quantitative estimate of drug-likeness (QED) is 0.165. The predicted molar refractivity (Wildman–Crippen MR) is 130 cm³/mol. The van der Waals surface area contributed by atoms with Crippen molar-refractivity contribution in [2.75, 3.05) is 0 Å². The van der Waals surface area contributed by atoms with Crippen LogP contribution in [0.25, 0.3) is 11.5 Å². The van der Waals surface area contributed by atoms with Crippen LogP contribution in [0.5, 0.6) is 0 Å². The molecule has 4 aromatic carbocycles. The van der Waals surface area contributed by atoms with Gasteiger partial charge in [0.25, 0.3) is 0 Å². The number of rotatable bonds is 6. The Morgan fingerprint density at radius 1 is 0.429 bits per heavy atom. The maximum absolute atomic E-state index is 11.8. The van der Waals surface area contributed by atoms with Crippen molar-refractivity contribution in [1.29, 1.82) is 0 Å². The van der Waals surface area contributed by atoms with E-state index in [1.165, 1.54) is 0 Å². The molecule has 4 nitrogen and oxygen atoms in total. The van der Waals surface area contributed by atoms with Crippen molar-refractivity contribution in [3.8, 4) is 0 Å². The summed E-state index contributed by atoms with van der Waals surface area (Å²) in [6, 6.07) is 35.0. The molecule has 0 bridgehead atoms. The molecular formula is C30H22O4Zn. The number of benzene rings is 4. The largest absolute Gasteiger partial charge is 2.00 e. The van der Waals surface area contributed by atoms with Crippen molar-refractivity contribution in [3.63, 3.8) is 0 Å². The summed E-state index contributed by atoms with van der Waals surface area (Å²) in [6.07, 6.45) is 2.26. The predicted octanol–water partition coefficient (Wildman–Crippen LogP) is 4.54. The van der Waals surface area contributed by atoms with Crippen LogP contribution in [0.1, 0.15) is 31.8 Å². The van der Waals surface area contributed by atoms with E-state index in [2.05, 4.69) is 0 Å². The second-order valence-electron chi connectivity index (χ2n) is 7.21. The van der Waals surface area contributed by atoms with Gasteiger partial charge in [0.05, 0.1) is 0 Å². The monoisotopic (exact) mass is 510 g/mol. The summed E-state index contributed by atoms with van der Waals surface area (Å²) in [5.41, 5.74) is 2.10. The van der Waals surface area contributed by atoms with Crippen LogP contribution < -0.4 is 10.2 Å². The van der Waals surface area contributed by atoms with Crippen LogP contribution in [0.2, 0.25) is 0 Å². The first kappa shape index (κ1) is 27.2. The van der Waals surface area contributed by atoms with Crippen LogP contribution in [-0.4, -0.2) is 11.6 Å². The topological polar surface area (TPSA) is 80.3 Å². The molecule has 0 radical (unpaired) electrons. The van der Waals surface area contributed by atoms with E-state index in [4.69, 9.17) is 0 Å². The summed E-state index contributed by atoms with van der Waals surface area (Å²) in [6.45, 7) is 0. The van der Waals surface area contributed by atoms with Crippen molar-refractivity contribution in [3.05, 3.63) is 156 Å². The first-order valence-corrected chi connectivity index (χ1v) is 10.6. The van der Waals surface area contributed by atoms with E-state index in [0.717, 1.165) is 12.2 Å². The summed E-state index contributed by atoms with van der Waals surface area (Å²) in [7, 11) is 0. The molecule has 0 unspecified atom stereocenters. The number of hydrogen-bond donors (Lipinski definition) is 0. The average Bonchev–Trinajstić information content (AvgIpc) is 2.91. The van der Waals surface area contributed by atoms with Crippen molar-refractivity contribution in [2.24, 2.45) is 0 Å². The average molecular weight is 512 g/mol. The fourth-order valence-electron chi connectivity index (χ4n) is 2.98. The van der Waals surface area contributed by atoms with Gasteiger partial charge in [-0.15, -0.1) is 0 Å². The maximum Gasteiger partial charge on any atom is 2.00 e. The van der Waals surface area contributed by atoms with Crippen LogP contribution in [0.3, 0.4) is 0 Å². The van der Waals surface area contributed by atoms with Gasteiger partial charge in [-0.3, -0.25) is 9.59 Å². The minimum atomic E-state index is -0.264. The third-order valence-corrected chi connectivity index (χ3v) is 4.76. The number of ketones is 2. The second kappa shape index (κ2) is 14.2.